The fourth-order valence-corrected chi connectivity index (χ4v) is 3.66. The summed E-state index contributed by atoms with van der Waals surface area (Å²) in [4.78, 5) is 14.2. The minimum atomic E-state index is -0.115. The van der Waals surface area contributed by atoms with Crippen LogP contribution in [0.25, 0.3) is 6.08 Å². The van der Waals surface area contributed by atoms with Crippen LogP contribution in [-0.2, 0) is 6.54 Å². The first-order valence-electron chi connectivity index (χ1n) is 8.82. The Kier molecular flexibility index (Phi) is 4.06. The number of rotatable bonds is 3. The van der Waals surface area contributed by atoms with Gasteiger partial charge in [-0.15, -0.1) is 0 Å². The van der Waals surface area contributed by atoms with Crippen molar-refractivity contribution in [2.75, 3.05) is 13.1 Å². The monoisotopic (exact) mass is 336 g/mol. The molecule has 0 saturated carbocycles. The highest BCUT2D eigenvalue weighted by molar-refractivity contribution is 6.15. The van der Waals surface area contributed by atoms with Crippen LogP contribution in [0.3, 0.4) is 0 Å². The molecule has 0 unspecified atom stereocenters. The Morgan fingerprint density at radius 1 is 1.16 bits per heavy atom. The molecule has 0 spiro atoms. The van der Waals surface area contributed by atoms with Crippen molar-refractivity contribution in [3.8, 4) is 11.5 Å². The molecule has 2 aromatic carbocycles. The number of carbonyl (C=O) groups is 1. The highest BCUT2D eigenvalue weighted by Crippen LogP contribution is 2.39. The summed E-state index contributed by atoms with van der Waals surface area (Å²) in [5.41, 5.74) is 3.35. The summed E-state index contributed by atoms with van der Waals surface area (Å²) in [6.45, 7) is 4.90. The second-order valence-electron chi connectivity index (χ2n) is 6.87. The molecule has 0 radical (unpaired) electrons. The maximum Gasteiger partial charge on any atom is 0.231 e. The number of phenolic OH excluding ortho intramolecular Hbond substituents is 1. The van der Waals surface area contributed by atoms with E-state index in [9.17, 15) is 9.90 Å². The molecule has 4 nitrogen and oxygen atoms in total. The van der Waals surface area contributed by atoms with Gasteiger partial charge in [0.05, 0.1) is 24.2 Å². The van der Waals surface area contributed by atoms with Crippen LogP contribution in [0, 0.1) is 6.92 Å². The first-order chi connectivity index (χ1) is 12.1. The number of allylic oxidation sites excluding steroid dienone is 1. The number of hydrogen-bond acceptors (Lipinski definition) is 3. The Morgan fingerprint density at radius 3 is 2.68 bits per heavy atom. The van der Waals surface area contributed by atoms with E-state index in [0.717, 1.165) is 29.8 Å². The summed E-state index contributed by atoms with van der Waals surface area (Å²) in [5.74, 6) is 0.954. The van der Waals surface area contributed by atoms with Gasteiger partial charge in [-0.3, -0.25) is 4.79 Å². The lowest BCUT2D eigenvalue weighted by Crippen LogP contribution is -3.08. The minimum absolute atomic E-state index is 0.115. The summed E-state index contributed by atoms with van der Waals surface area (Å²) in [6, 6.07) is 11.2. The fourth-order valence-electron chi connectivity index (χ4n) is 3.66. The Labute approximate surface area is 147 Å². The molecule has 2 aliphatic heterocycles. The molecule has 1 saturated heterocycles. The SMILES string of the molecule is Cc1ccccc1/C=C1\Oc2c(ccc(O)c2C[NH+]2CCCC2)C1=O. The van der Waals surface area contributed by atoms with Crippen LogP contribution in [0.4, 0.5) is 0 Å². The molecule has 0 amide bonds. The van der Waals surface area contributed by atoms with Crippen molar-refractivity contribution < 1.29 is 19.5 Å². The number of aryl methyl sites for hydroxylation is 1. The van der Waals surface area contributed by atoms with Gasteiger partial charge in [-0.25, -0.2) is 0 Å². The van der Waals surface area contributed by atoms with Gasteiger partial charge >= 0.3 is 0 Å². The number of nitrogens with one attached hydrogen (secondary N) is 1. The second-order valence-corrected chi connectivity index (χ2v) is 6.87. The highest BCUT2D eigenvalue weighted by atomic mass is 16.5. The van der Waals surface area contributed by atoms with E-state index in [1.165, 1.54) is 17.7 Å². The quantitative estimate of drug-likeness (QED) is 0.847. The van der Waals surface area contributed by atoms with Crippen LogP contribution in [0.1, 0.15) is 39.9 Å². The molecule has 128 valence electrons. The third-order valence-electron chi connectivity index (χ3n) is 5.13. The largest absolute Gasteiger partial charge is 0.507 e. The number of benzene rings is 2. The lowest BCUT2D eigenvalue weighted by molar-refractivity contribution is -0.901. The lowest BCUT2D eigenvalue weighted by atomic mass is 10.0. The van der Waals surface area contributed by atoms with Crippen LogP contribution in [0.5, 0.6) is 11.5 Å². The van der Waals surface area contributed by atoms with Crippen LogP contribution in [0.15, 0.2) is 42.2 Å². The third-order valence-corrected chi connectivity index (χ3v) is 5.13. The van der Waals surface area contributed by atoms with E-state index in [1.807, 2.05) is 31.2 Å². The van der Waals surface area contributed by atoms with E-state index in [0.29, 0.717) is 23.6 Å². The number of ether oxygens (including phenoxy) is 1. The predicted octanol–water partition coefficient (Wildman–Crippen LogP) is 2.50. The van der Waals surface area contributed by atoms with Gasteiger partial charge in [-0.2, -0.15) is 0 Å². The molecule has 4 rings (SSSR count). The van der Waals surface area contributed by atoms with Gasteiger partial charge in [-0.05, 0) is 36.3 Å². The zero-order valence-electron chi connectivity index (χ0n) is 14.3. The maximum absolute atomic E-state index is 12.7. The molecular weight excluding hydrogens is 314 g/mol. The smallest absolute Gasteiger partial charge is 0.231 e. The first-order valence-corrected chi connectivity index (χ1v) is 8.82. The standard InChI is InChI=1S/C21H21NO3/c1-14-6-2-3-7-15(14)12-19-20(24)16-8-9-18(23)17(21(16)25-19)13-22-10-4-5-11-22/h2-3,6-9,12,23H,4-5,10-11,13H2,1H3/p+1/b19-12-. The summed E-state index contributed by atoms with van der Waals surface area (Å²) in [5, 5.41) is 10.3. The van der Waals surface area contributed by atoms with E-state index >= 15 is 0 Å². The summed E-state index contributed by atoms with van der Waals surface area (Å²) in [7, 11) is 0. The van der Waals surface area contributed by atoms with Crippen molar-refractivity contribution in [2.45, 2.75) is 26.3 Å². The van der Waals surface area contributed by atoms with Crippen molar-refractivity contribution in [1.29, 1.82) is 0 Å². The number of carbonyl (C=O) groups excluding carboxylic acids is 1. The molecular formula is C21H22NO3+. The fraction of sp³-hybridized carbons (Fsp3) is 0.286. The number of fused-ring (bicyclic) bond motifs is 1. The number of phenols is 1. The van der Waals surface area contributed by atoms with Crippen LogP contribution in [-0.4, -0.2) is 24.0 Å². The lowest BCUT2D eigenvalue weighted by Gasteiger charge is -2.15. The molecule has 4 heteroatoms. The molecule has 0 aromatic heterocycles. The van der Waals surface area contributed by atoms with Crippen molar-refractivity contribution in [3.63, 3.8) is 0 Å². The van der Waals surface area contributed by atoms with E-state index in [2.05, 4.69) is 0 Å². The van der Waals surface area contributed by atoms with Crippen LogP contribution >= 0.6 is 0 Å². The first kappa shape index (κ1) is 15.9. The number of ketones is 1. The topological polar surface area (TPSA) is 51.0 Å². The maximum atomic E-state index is 12.7. The van der Waals surface area contributed by atoms with Gasteiger partial charge in [0.2, 0.25) is 5.78 Å². The van der Waals surface area contributed by atoms with Gasteiger partial charge in [0, 0.05) is 12.8 Å². The van der Waals surface area contributed by atoms with E-state index in [4.69, 9.17) is 4.74 Å². The van der Waals surface area contributed by atoms with Crippen LogP contribution in [0.2, 0.25) is 0 Å². The second kappa shape index (κ2) is 6.37. The van der Waals surface area contributed by atoms with Crippen LogP contribution < -0.4 is 9.64 Å². The van der Waals surface area contributed by atoms with E-state index in [1.54, 1.807) is 18.2 Å². The molecule has 2 N–H and O–H groups in total. The number of quaternary nitrogens is 1. The molecule has 2 heterocycles. The van der Waals surface area contributed by atoms with Gasteiger partial charge in [-0.1, -0.05) is 24.3 Å². The predicted molar refractivity (Wildman–Crippen MR) is 95.9 cm³/mol. The highest BCUT2D eigenvalue weighted by Gasteiger charge is 2.33. The van der Waals surface area contributed by atoms with Gasteiger partial charge < -0.3 is 14.7 Å². The van der Waals surface area contributed by atoms with Crippen molar-refractivity contribution in [1.82, 2.24) is 0 Å². The number of aromatic hydroxyl groups is 1. The number of hydrogen-bond donors (Lipinski definition) is 2. The van der Waals surface area contributed by atoms with Crippen molar-refractivity contribution in [3.05, 3.63) is 64.4 Å². The third kappa shape index (κ3) is 2.94. The Hall–Kier alpha value is -2.59. The van der Waals surface area contributed by atoms with Crippen molar-refractivity contribution in [2.24, 2.45) is 0 Å². The van der Waals surface area contributed by atoms with E-state index < -0.39 is 0 Å². The average molecular weight is 336 g/mol. The van der Waals surface area contributed by atoms with Crippen molar-refractivity contribution >= 4 is 11.9 Å². The number of likely N-dealkylation sites (tertiary alicyclic amines) is 1. The molecule has 1 fully saturated rings. The molecule has 2 aromatic rings. The molecule has 0 atom stereocenters. The Balaban J connectivity index is 1.70. The minimum Gasteiger partial charge on any atom is -0.507 e. The van der Waals surface area contributed by atoms with Gasteiger partial charge in [0.25, 0.3) is 0 Å². The van der Waals surface area contributed by atoms with E-state index in [-0.39, 0.29) is 11.5 Å². The molecule has 25 heavy (non-hydrogen) atoms. The zero-order chi connectivity index (χ0) is 17.4. The van der Waals surface area contributed by atoms with Gasteiger partial charge in [0.1, 0.15) is 12.3 Å². The Bertz CT molecular complexity index is 863. The normalized spacial score (nSPS) is 18.6. The summed E-state index contributed by atoms with van der Waals surface area (Å²) < 4.78 is 5.94. The molecule has 0 bridgehead atoms. The molecule has 0 aliphatic carbocycles. The average Bonchev–Trinajstić information content (AvgIpc) is 3.21. The summed E-state index contributed by atoms with van der Waals surface area (Å²) in [6.07, 6.45) is 4.22. The Morgan fingerprint density at radius 2 is 1.92 bits per heavy atom. The molecule has 2 aliphatic rings. The number of Topliss-reactive ketones (excluding diaryl/α,β-unsaturated/α-hetero) is 1. The summed E-state index contributed by atoms with van der Waals surface area (Å²) >= 11 is 0. The zero-order valence-corrected chi connectivity index (χ0v) is 14.3. The van der Waals surface area contributed by atoms with Gasteiger partial charge in [0.15, 0.2) is 11.5 Å².